The summed E-state index contributed by atoms with van der Waals surface area (Å²) in [6, 6.07) is 3.14. The molecule has 3 aliphatic rings. The van der Waals surface area contributed by atoms with Crippen LogP contribution in [0.15, 0.2) is 18.2 Å². The normalized spacial score (nSPS) is 30.8. The van der Waals surface area contributed by atoms with E-state index in [2.05, 4.69) is 5.32 Å². The van der Waals surface area contributed by atoms with E-state index in [0.717, 1.165) is 10.6 Å². The number of nitrogens with zero attached hydrogens (tertiary/aromatic N) is 3. The average Bonchev–Trinajstić information content (AvgIpc) is 2.68. The van der Waals surface area contributed by atoms with Gasteiger partial charge in [-0.15, -0.1) is 0 Å². The van der Waals surface area contributed by atoms with Crippen molar-refractivity contribution in [3.8, 4) is 0 Å². The number of hydrogen-bond acceptors (Lipinski definition) is 7. The van der Waals surface area contributed by atoms with Gasteiger partial charge in [-0.05, 0) is 31.9 Å². The first-order valence-corrected chi connectivity index (χ1v) is 10.1. The zero-order chi connectivity index (χ0) is 21.8. The number of fused-ring (bicyclic) bond motifs is 4. The van der Waals surface area contributed by atoms with Crippen molar-refractivity contribution in [1.82, 2.24) is 10.2 Å². The second-order valence-electron chi connectivity index (χ2n) is 8.18. The van der Waals surface area contributed by atoms with E-state index in [-0.39, 0.29) is 24.8 Å². The number of carbonyl (C=O) groups is 3. The lowest BCUT2D eigenvalue weighted by Gasteiger charge is -2.56. The molecule has 30 heavy (non-hydrogen) atoms. The van der Waals surface area contributed by atoms with Gasteiger partial charge in [-0.1, -0.05) is 6.92 Å². The van der Waals surface area contributed by atoms with E-state index < -0.39 is 40.3 Å². The average molecular weight is 416 g/mol. The minimum atomic E-state index is -1.61. The van der Waals surface area contributed by atoms with Crippen LogP contribution in [0.2, 0.25) is 0 Å². The number of benzene rings is 1. The molecule has 1 aromatic carbocycles. The Morgan fingerprint density at radius 1 is 1.30 bits per heavy atom. The maximum atomic E-state index is 13.7. The summed E-state index contributed by atoms with van der Waals surface area (Å²) in [7, 11) is 0. The van der Waals surface area contributed by atoms with Crippen LogP contribution in [0.4, 0.5) is 16.2 Å². The maximum Gasteiger partial charge on any atom is 0.330 e. The van der Waals surface area contributed by atoms with Gasteiger partial charge in [0.25, 0.3) is 5.69 Å². The predicted molar refractivity (Wildman–Crippen MR) is 106 cm³/mol. The van der Waals surface area contributed by atoms with Gasteiger partial charge in [0.2, 0.25) is 11.8 Å². The van der Waals surface area contributed by atoms with Crippen LogP contribution in [0, 0.1) is 15.5 Å². The molecular weight excluding hydrogens is 392 g/mol. The number of nitro benzene ring substituents is 1. The first kappa shape index (κ1) is 20.3. The number of non-ortho nitro benzene ring substituents is 1. The van der Waals surface area contributed by atoms with Crippen LogP contribution >= 0.6 is 0 Å². The van der Waals surface area contributed by atoms with Gasteiger partial charge in [-0.25, -0.2) is 4.79 Å². The minimum absolute atomic E-state index is 0.0363. The monoisotopic (exact) mass is 416 g/mol. The van der Waals surface area contributed by atoms with Crippen molar-refractivity contribution < 1.29 is 24.0 Å². The van der Waals surface area contributed by atoms with Crippen molar-refractivity contribution in [2.45, 2.75) is 51.9 Å². The molecule has 3 aliphatic heterocycles. The van der Waals surface area contributed by atoms with E-state index in [1.807, 2.05) is 25.7 Å². The number of ether oxygens (including phenoxy) is 1. The molecule has 4 rings (SSSR count). The Morgan fingerprint density at radius 2 is 2.03 bits per heavy atom. The van der Waals surface area contributed by atoms with Crippen LogP contribution in [0.1, 0.15) is 32.8 Å². The van der Waals surface area contributed by atoms with Crippen molar-refractivity contribution in [2.24, 2.45) is 5.41 Å². The molecule has 4 unspecified atom stereocenters. The molecule has 1 spiro atoms. The third-order valence-corrected chi connectivity index (χ3v) is 6.18. The van der Waals surface area contributed by atoms with Crippen molar-refractivity contribution >= 4 is 29.2 Å². The summed E-state index contributed by atoms with van der Waals surface area (Å²) < 4.78 is 5.99. The Balaban J connectivity index is 1.91. The molecule has 2 fully saturated rings. The molecule has 0 bridgehead atoms. The smallest absolute Gasteiger partial charge is 0.330 e. The number of anilines is 1. The fourth-order valence-corrected chi connectivity index (χ4v) is 5.10. The minimum Gasteiger partial charge on any atom is -0.372 e. The van der Waals surface area contributed by atoms with Gasteiger partial charge >= 0.3 is 6.03 Å². The molecule has 1 N–H and O–H groups in total. The van der Waals surface area contributed by atoms with Gasteiger partial charge in [0, 0.05) is 37.3 Å². The predicted octanol–water partition coefficient (Wildman–Crippen LogP) is 1.61. The van der Waals surface area contributed by atoms with Crippen LogP contribution in [-0.2, 0) is 20.7 Å². The van der Waals surface area contributed by atoms with Crippen LogP contribution < -0.4 is 10.2 Å². The summed E-state index contributed by atoms with van der Waals surface area (Å²) in [4.78, 5) is 53.1. The van der Waals surface area contributed by atoms with Gasteiger partial charge in [0.1, 0.15) is 0 Å². The molecule has 0 radical (unpaired) electrons. The highest BCUT2D eigenvalue weighted by molar-refractivity contribution is 6.20. The van der Waals surface area contributed by atoms with E-state index in [9.17, 15) is 24.5 Å². The number of amides is 4. The van der Waals surface area contributed by atoms with E-state index in [1.54, 1.807) is 6.07 Å². The lowest BCUT2D eigenvalue weighted by Crippen LogP contribution is -2.75. The summed E-state index contributed by atoms with van der Waals surface area (Å²) in [5.41, 5.74) is -0.430. The topological polar surface area (TPSA) is 122 Å². The van der Waals surface area contributed by atoms with Gasteiger partial charge < -0.3 is 9.64 Å². The van der Waals surface area contributed by atoms with E-state index in [0.29, 0.717) is 18.5 Å². The lowest BCUT2D eigenvalue weighted by atomic mass is 9.66. The summed E-state index contributed by atoms with van der Waals surface area (Å²) in [5, 5.41) is 13.7. The van der Waals surface area contributed by atoms with Crippen molar-refractivity contribution in [3.63, 3.8) is 0 Å². The molecule has 4 amide bonds. The maximum absolute atomic E-state index is 13.7. The molecule has 3 heterocycles. The number of hydrogen-bond donors (Lipinski definition) is 1. The molecule has 0 saturated carbocycles. The fraction of sp³-hybridized carbons (Fsp3) is 0.550. The second kappa shape index (κ2) is 7.05. The van der Waals surface area contributed by atoms with E-state index in [4.69, 9.17) is 4.74 Å². The number of imide groups is 2. The molecule has 1 aromatic rings. The third kappa shape index (κ3) is 2.78. The number of rotatable bonds is 3. The highest BCUT2D eigenvalue weighted by Crippen LogP contribution is 2.48. The Kier molecular flexibility index (Phi) is 4.76. The van der Waals surface area contributed by atoms with Crippen molar-refractivity contribution in [1.29, 1.82) is 0 Å². The van der Waals surface area contributed by atoms with Crippen LogP contribution in [0.5, 0.6) is 0 Å². The highest BCUT2D eigenvalue weighted by atomic mass is 16.6. The Hall–Kier alpha value is -3.01. The number of nitrogens with one attached hydrogen (secondary N) is 1. The highest BCUT2D eigenvalue weighted by Gasteiger charge is 2.64. The number of urea groups is 1. The Morgan fingerprint density at radius 3 is 2.70 bits per heavy atom. The Bertz CT molecular complexity index is 949. The second-order valence-corrected chi connectivity index (χ2v) is 8.18. The molecular formula is C20H24N4O6. The van der Waals surface area contributed by atoms with Crippen molar-refractivity contribution in [3.05, 3.63) is 33.9 Å². The fourth-order valence-electron chi connectivity index (χ4n) is 5.10. The van der Waals surface area contributed by atoms with Gasteiger partial charge in [0.15, 0.2) is 5.41 Å². The lowest BCUT2D eigenvalue weighted by molar-refractivity contribution is -0.384. The molecule has 160 valence electrons. The molecule has 0 aliphatic carbocycles. The van der Waals surface area contributed by atoms with E-state index >= 15 is 0 Å². The first-order valence-electron chi connectivity index (χ1n) is 10.1. The number of nitro groups is 1. The Labute approximate surface area is 173 Å². The summed E-state index contributed by atoms with van der Waals surface area (Å²) >= 11 is 0. The SMILES string of the molecule is CCCN1C(=O)NC(=O)C2(Cc3cc([N+](=O)[O-])ccc3N3CC(C)OC(C)C32)C1=O. The number of barbiturate groups is 1. The number of morpholine rings is 1. The van der Waals surface area contributed by atoms with E-state index in [1.165, 1.54) is 12.1 Å². The number of carbonyl (C=O) groups excluding carboxylic acids is 3. The van der Waals surface area contributed by atoms with Crippen LogP contribution in [0.3, 0.4) is 0 Å². The summed E-state index contributed by atoms with van der Waals surface area (Å²) in [6.45, 7) is 6.15. The zero-order valence-electron chi connectivity index (χ0n) is 17.1. The molecule has 10 heteroatoms. The molecule has 4 atom stereocenters. The zero-order valence-corrected chi connectivity index (χ0v) is 17.1. The standard InChI is InChI=1S/C20H24N4O6/c1-4-7-22-18(26)20(17(25)21-19(22)27)9-13-8-14(24(28)29)5-6-15(13)23-10-11(2)30-12(3)16(20)23/h5-6,8,11-12,16H,4,7,9-10H2,1-3H3,(H,21,25,27). The molecule has 2 saturated heterocycles. The first-order chi connectivity index (χ1) is 14.2. The van der Waals surface area contributed by atoms with Gasteiger partial charge in [-0.2, -0.15) is 0 Å². The largest absolute Gasteiger partial charge is 0.372 e. The summed E-state index contributed by atoms with van der Waals surface area (Å²) in [5.74, 6) is -1.25. The third-order valence-electron chi connectivity index (χ3n) is 6.18. The van der Waals surface area contributed by atoms with Crippen molar-refractivity contribution in [2.75, 3.05) is 18.0 Å². The quantitative estimate of drug-likeness (QED) is 0.451. The molecule has 0 aromatic heterocycles. The van der Waals surface area contributed by atoms with Gasteiger partial charge in [0.05, 0.1) is 23.2 Å². The van der Waals surface area contributed by atoms with Crippen LogP contribution in [-0.4, -0.2) is 59.0 Å². The molecule has 10 nitrogen and oxygen atoms in total. The summed E-state index contributed by atoms with van der Waals surface area (Å²) in [6.07, 6.45) is -0.123. The van der Waals surface area contributed by atoms with Gasteiger partial charge in [-0.3, -0.25) is 29.9 Å². The van der Waals surface area contributed by atoms with Crippen LogP contribution in [0.25, 0.3) is 0 Å².